The number of rotatable bonds is 8. The van der Waals surface area contributed by atoms with Crippen LogP contribution in [0, 0.1) is 5.92 Å². The summed E-state index contributed by atoms with van der Waals surface area (Å²) < 4.78 is 6.19. The Balaban J connectivity index is 2.48. The highest BCUT2D eigenvalue weighted by atomic mass is 35.5. The average molecular weight is 344 g/mol. The number of ether oxygens (including phenoxy) is 1. The summed E-state index contributed by atoms with van der Waals surface area (Å²) in [6.07, 6.45) is 1.74. The highest BCUT2D eigenvalue weighted by molar-refractivity contribution is 6.21. The molecule has 0 amide bonds. The molecule has 0 fully saturated rings. The number of hydrogen-bond acceptors (Lipinski definition) is 2. The zero-order chi connectivity index (χ0) is 17.6. The molecule has 0 saturated carbocycles. The molecular formula is C21H26ClNO. The van der Waals surface area contributed by atoms with Crippen LogP contribution < -0.4 is 0 Å². The molecule has 24 heavy (non-hydrogen) atoms. The predicted molar refractivity (Wildman–Crippen MR) is 102 cm³/mol. The standard InChI is InChI=1S/C21H26ClNO/c1-5-20(22)23(3)16-17(2)21(24-4,18-12-8-6-9-13-18)19-14-10-7-11-15-19/h5-15,17,20H,1,16H2,2-4H3. The van der Waals surface area contributed by atoms with Gasteiger partial charge in [0.15, 0.2) is 0 Å². The number of benzene rings is 2. The topological polar surface area (TPSA) is 12.5 Å². The van der Waals surface area contributed by atoms with E-state index >= 15 is 0 Å². The summed E-state index contributed by atoms with van der Waals surface area (Å²) in [5, 5.41) is 0. The van der Waals surface area contributed by atoms with Crippen LogP contribution in [0.15, 0.2) is 73.3 Å². The lowest BCUT2D eigenvalue weighted by atomic mass is 9.76. The first kappa shape index (κ1) is 18.7. The van der Waals surface area contributed by atoms with Crippen molar-refractivity contribution in [3.63, 3.8) is 0 Å². The van der Waals surface area contributed by atoms with E-state index in [4.69, 9.17) is 16.3 Å². The fourth-order valence-electron chi connectivity index (χ4n) is 3.39. The zero-order valence-corrected chi connectivity index (χ0v) is 15.4. The molecule has 0 saturated heterocycles. The van der Waals surface area contributed by atoms with Crippen LogP contribution in [-0.4, -0.2) is 31.1 Å². The molecule has 0 spiro atoms. The van der Waals surface area contributed by atoms with Crippen molar-refractivity contribution in [2.45, 2.75) is 18.0 Å². The normalized spacial score (nSPS) is 14.4. The smallest absolute Gasteiger partial charge is 0.121 e. The number of alkyl halides is 1. The van der Waals surface area contributed by atoms with Crippen molar-refractivity contribution < 1.29 is 4.74 Å². The van der Waals surface area contributed by atoms with Crippen molar-refractivity contribution >= 4 is 11.6 Å². The Hall–Kier alpha value is -1.61. The van der Waals surface area contributed by atoms with Crippen LogP contribution in [0.1, 0.15) is 18.1 Å². The van der Waals surface area contributed by atoms with Crippen LogP contribution >= 0.6 is 11.6 Å². The molecule has 2 nitrogen and oxygen atoms in total. The SMILES string of the molecule is C=CC(Cl)N(C)CC(C)C(OC)(c1ccccc1)c1ccccc1. The molecule has 2 unspecified atom stereocenters. The van der Waals surface area contributed by atoms with Gasteiger partial charge in [-0.1, -0.05) is 73.7 Å². The van der Waals surface area contributed by atoms with Crippen molar-refractivity contribution in [1.82, 2.24) is 4.90 Å². The van der Waals surface area contributed by atoms with Gasteiger partial charge >= 0.3 is 0 Å². The molecule has 2 atom stereocenters. The fraction of sp³-hybridized carbons (Fsp3) is 0.333. The number of likely N-dealkylation sites (N-methyl/N-ethyl adjacent to an activating group) is 1. The maximum atomic E-state index is 6.31. The molecule has 2 rings (SSSR count). The second-order valence-electron chi connectivity index (χ2n) is 6.12. The minimum atomic E-state index is -0.533. The summed E-state index contributed by atoms with van der Waals surface area (Å²) in [6, 6.07) is 20.8. The molecule has 2 aromatic carbocycles. The first-order chi connectivity index (χ1) is 11.6. The van der Waals surface area contributed by atoms with Gasteiger partial charge < -0.3 is 4.74 Å². The van der Waals surface area contributed by atoms with Gasteiger partial charge in [-0.15, -0.1) is 18.2 Å². The molecule has 128 valence electrons. The second kappa shape index (κ2) is 8.48. The summed E-state index contributed by atoms with van der Waals surface area (Å²) in [7, 11) is 3.79. The Kier molecular flexibility index (Phi) is 6.61. The monoisotopic (exact) mass is 343 g/mol. The van der Waals surface area contributed by atoms with Crippen LogP contribution in [0.4, 0.5) is 0 Å². The van der Waals surface area contributed by atoms with Gasteiger partial charge in [0.2, 0.25) is 0 Å². The molecular weight excluding hydrogens is 318 g/mol. The van der Waals surface area contributed by atoms with Crippen molar-refractivity contribution in [3.05, 3.63) is 84.4 Å². The Morgan fingerprint density at radius 3 is 1.92 bits per heavy atom. The van der Waals surface area contributed by atoms with Gasteiger partial charge in [-0.05, 0) is 18.2 Å². The lowest BCUT2D eigenvalue weighted by Crippen LogP contribution is -2.43. The van der Waals surface area contributed by atoms with E-state index in [-0.39, 0.29) is 11.4 Å². The molecule has 2 aromatic rings. The first-order valence-electron chi connectivity index (χ1n) is 8.19. The third-order valence-corrected chi connectivity index (χ3v) is 5.11. The van der Waals surface area contributed by atoms with E-state index in [2.05, 4.69) is 66.9 Å². The minimum Gasteiger partial charge on any atom is -0.368 e. The Morgan fingerprint density at radius 2 is 1.54 bits per heavy atom. The summed E-state index contributed by atoms with van der Waals surface area (Å²) in [4.78, 5) is 2.08. The van der Waals surface area contributed by atoms with Gasteiger partial charge in [0.05, 0.1) is 0 Å². The second-order valence-corrected chi connectivity index (χ2v) is 6.57. The van der Waals surface area contributed by atoms with E-state index in [0.29, 0.717) is 0 Å². The Labute approximate surface area is 150 Å². The zero-order valence-electron chi connectivity index (χ0n) is 14.7. The molecule has 0 radical (unpaired) electrons. The fourth-order valence-corrected chi connectivity index (χ4v) is 3.46. The van der Waals surface area contributed by atoms with Gasteiger partial charge in [0.1, 0.15) is 11.1 Å². The molecule has 0 aliphatic rings. The van der Waals surface area contributed by atoms with E-state index < -0.39 is 5.60 Å². The average Bonchev–Trinajstić information content (AvgIpc) is 2.64. The van der Waals surface area contributed by atoms with E-state index in [9.17, 15) is 0 Å². The van der Waals surface area contributed by atoms with Crippen molar-refractivity contribution in [1.29, 1.82) is 0 Å². The third kappa shape index (κ3) is 3.72. The lowest BCUT2D eigenvalue weighted by Gasteiger charge is -2.41. The highest BCUT2D eigenvalue weighted by Gasteiger charge is 2.40. The first-order valence-corrected chi connectivity index (χ1v) is 8.63. The van der Waals surface area contributed by atoms with Crippen LogP contribution in [0.25, 0.3) is 0 Å². The highest BCUT2D eigenvalue weighted by Crippen LogP contribution is 2.40. The molecule has 0 N–H and O–H groups in total. The summed E-state index contributed by atoms with van der Waals surface area (Å²) >= 11 is 6.31. The van der Waals surface area contributed by atoms with Gasteiger partial charge in [0.25, 0.3) is 0 Å². The number of methoxy groups -OCH3 is 1. The van der Waals surface area contributed by atoms with Crippen LogP contribution in [-0.2, 0) is 10.3 Å². The van der Waals surface area contributed by atoms with Crippen molar-refractivity contribution in [2.75, 3.05) is 20.7 Å². The lowest BCUT2D eigenvalue weighted by molar-refractivity contribution is -0.0323. The Bertz CT molecular complexity index is 589. The predicted octanol–water partition coefficient (Wildman–Crippen LogP) is 4.90. The maximum absolute atomic E-state index is 6.31. The van der Waals surface area contributed by atoms with Crippen LogP contribution in [0.3, 0.4) is 0 Å². The van der Waals surface area contributed by atoms with E-state index in [1.54, 1.807) is 13.2 Å². The van der Waals surface area contributed by atoms with E-state index in [1.165, 1.54) is 0 Å². The minimum absolute atomic E-state index is 0.179. The summed E-state index contributed by atoms with van der Waals surface area (Å²) in [5.41, 5.74) is 1.55. The quantitative estimate of drug-likeness (QED) is 0.384. The summed E-state index contributed by atoms with van der Waals surface area (Å²) in [6.45, 7) is 6.76. The molecule has 0 bridgehead atoms. The van der Waals surface area contributed by atoms with Crippen molar-refractivity contribution in [3.8, 4) is 0 Å². The largest absolute Gasteiger partial charge is 0.368 e. The van der Waals surface area contributed by atoms with E-state index in [0.717, 1.165) is 17.7 Å². The third-order valence-electron chi connectivity index (χ3n) is 4.60. The van der Waals surface area contributed by atoms with Crippen LogP contribution in [0.2, 0.25) is 0 Å². The Morgan fingerprint density at radius 1 is 1.08 bits per heavy atom. The number of halogens is 1. The molecule has 0 aromatic heterocycles. The maximum Gasteiger partial charge on any atom is 0.121 e. The summed E-state index contributed by atoms with van der Waals surface area (Å²) in [5.74, 6) is 0.179. The molecule has 3 heteroatoms. The van der Waals surface area contributed by atoms with Crippen molar-refractivity contribution in [2.24, 2.45) is 5.92 Å². The molecule has 0 aliphatic carbocycles. The van der Waals surface area contributed by atoms with E-state index in [1.807, 2.05) is 19.2 Å². The van der Waals surface area contributed by atoms with Gasteiger partial charge in [0, 0.05) is 19.6 Å². The van der Waals surface area contributed by atoms with Gasteiger partial charge in [-0.3, -0.25) is 4.90 Å². The molecule has 0 heterocycles. The number of nitrogens with zero attached hydrogens (tertiary/aromatic N) is 1. The molecule has 0 aliphatic heterocycles. The van der Waals surface area contributed by atoms with Gasteiger partial charge in [-0.2, -0.15) is 0 Å². The van der Waals surface area contributed by atoms with Gasteiger partial charge in [-0.25, -0.2) is 0 Å². The number of hydrogen-bond donors (Lipinski definition) is 0. The van der Waals surface area contributed by atoms with Crippen LogP contribution in [0.5, 0.6) is 0 Å².